The molecule has 1 unspecified atom stereocenters. The molecule has 3 saturated heterocycles. The van der Waals surface area contributed by atoms with Gasteiger partial charge in [0.05, 0.1) is 24.2 Å². The van der Waals surface area contributed by atoms with Gasteiger partial charge in [-0.1, -0.05) is 12.1 Å². The predicted octanol–water partition coefficient (Wildman–Crippen LogP) is 2.52. The van der Waals surface area contributed by atoms with Crippen molar-refractivity contribution in [3.63, 3.8) is 0 Å². The van der Waals surface area contributed by atoms with Gasteiger partial charge in [-0.3, -0.25) is 14.2 Å². The number of anilines is 2. The molecule has 2 atom stereocenters. The highest BCUT2D eigenvalue weighted by Crippen LogP contribution is 2.29. The molecule has 6 rings (SSSR count). The van der Waals surface area contributed by atoms with Crippen LogP contribution in [0.15, 0.2) is 30.3 Å². The van der Waals surface area contributed by atoms with Gasteiger partial charge in [0.1, 0.15) is 17.7 Å². The number of para-hydroxylation sites is 2. The minimum atomic E-state index is -2.79. The lowest BCUT2D eigenvalue weighted by Gasteiger charge is -2.28. The molecule has 212 valence electrons. The van der Waals surface area contributed by atoms with E-state index in [4.69, 9.17) is 9.72 Å². The van der Waals surface area contributed by atoms with Gasteiger partial charge in [0.15, 0.2) is 5.82 Å². The number of morpholine rings is 1. The van der Waals surface area contributed by atoms with Gasteiger partial charge in [-0.15, -0.1) is 0 Å². The number of ether oxygens (including phenoxy) is 1. The molecule has 3 fully saturated rings. The molecular weight excluding hydrogens is 522 g/mol. The van der Waals surface area contributed by atoms with Crippen LogP contribution in [-0.4, -0.2) is 88.2 Å². The van der Waals surface area contributed by atoms with E-state index >= 15 is 0 Å². The molecule has 0 bridgehead atoms. The van der Waals surface area contributed by atoms with Crippen molar-refractivity contribution in [1.82, 2.24) is 29.7 Å². The average molecular weight is 555 g/mol. The number of likely N-dealkylation sites (tertiary alicyclic amines) is 1. The maximum absolute atomic E-state index is 14.1. The van der Waals surface area contributed by atoms with Crippen LogP contribution in [0.5, 0.6) is 0 Å². The van der Waals surface area contributed by atoms with Gasteiger partial charge in [0.2, 0.25) is 17.8 Å². The molecule has 3 aliphatic heterocycles. The van der Waals surface area contributed by atoms with E-state index in [1.54, 1.807) is 30.3 Å². The van der Waals surface area contributed by atoms with Gasteiger partial charge in [-0.25, -0.2) is 13.8 Å². The summed E-state index contributed by atoms with van der Waals surface area (Å²) in [6.45, 7) is 3.99. The largest absolute Gasteiger partial charge is 0.378 e. The molecule has 1 aromatic carbocycles. The summed E-state index contributed by atoms with van der Waals surface area (Å²) in [5.74, 6) is 0.947. The number of aromatic nitrogens is 4. The van der Waals surface area contributed by atoms with Gasteiger partial charge in [0, 0.05) is 45.2 Å². The van der Waals surface area contributed by atoms with Crippen molar-refractivity contribution >= 4 is 34.6 Å². The molecule has 0 aliphatic carbocycles. The topological polar surface area (TPSA) is 118 Å². The summed E-state index contributed by atoms with van der Waals surface area (Å²) in [4.78, 5) is 42.1. The van der Waals surface area contributed by atoms with Crippen molar-refractivity contribution in [2.75, 3.05) is 56.2 Å². The molecule has 0 saturated carbocycles. The summed E-state index contributed by atoms with van der Waals surface area (Å²) in [5.41, 5.74) is 0.999. The zero-order valence-corrected chi connectivity index (χ0v) is 22.1. The van der Waals surface area contributed by atoms with E-state index < -0.39 is 12.5 Å². The molecule has 3 aromatic rings. The number of fused-ring (bicyclic) bond motifs is 1. The number of carbonyl (C=O) groups is 2. The monoisotopic (exact) mass is 554 g/mol. The number of rotatable bonds is 7. The fraction of sp³-hybridized carbons (Fsp3) is 0.519. The lowest BCUT2D eigenvalue weighted by molar-refractivity contribution is -0.137. The molecule has 2 aromatic heterocycles. The quantitative estimate of drug-likeness (QED) is 0.458. The first kappa shape index (κ1) is 26.4. The lowest BCUT2D eigenvalue weighted by Crippen LogP contribution is -2.50. The minimum Gasteiger partial charge on any atom is -0.378 e. The Morgan fingerprint density at radius 3 is 2.75 bits per heavy atom. The van der Waals surface area contributed by atoms with Crippen LogP contribution in [0.4, 0.5) is 20.5 Å². The smallest absolute Gasteiger partial charge is 0.296 e. The number of imidazole rings is 1. The summed E-state index contributed by atoms with van der Waals surface area (Å²) in [6.07, 6.45) is -0.113. The Kier molecular flexibility index (Phi) is 7.46. The molecular formula is C27H32F2N8O3. The highest BCUT2D eigenvalue weighted by atomic mass is 19.3. The van der Waals surface area contributed by atoms with Crippen molar-refractivity contribution in [3.8, 4) is 5.82 Å². The van der Waals surface area contributed by atoms with Crippen LogP contribution in [0.3, 0.4) is 0 Å². The molecule has 5 heterocycles. The number of halogens is 2. The standard InChI is InChI=1S/C27H32F2N8O3/c28-24(29)25-32-18-4-1-2-6-20(18)37(25)22-14-21(33-27(34-22)35-10-12-40-13-11-35)30-15-17-8-9-36(16-17)26(39)19-5-3-7-23(38)31-19/h1-2,4,6,14,17,19,24H,3,5,7-13,15-16H2,(H,31,38)(H,30,33,34)/t17-,19?/m1/s1. The van der Waals surface area contributed by atoms with Crippen LogP contribution in [0, 0.1) is 5.92 Å². The molecule has 13 heteroatoms. The first-order chi connectivity index (χ1) is 19.5. The van der Waals surface area contributed by atoms with Crippen molar-refractivity contribution < 1.29 is 23.1 Å². The van der Waals surface area contributed by atoms with Crippen molar-refractivity contribution in [2.45, 2.75) is 38.2 Å². The Balaban J connectivity index is 1.23. The maximum atomic E-state index is 14.1. The van der Waals surface area contributed by atoms with E-state index in [2.05, 4.69) is 20.6 Å². The van der Waals surface area contributed by atoms with Gasteiger partial charge < -0.3 is 25.2 Å². The fourth-order valence-corrected chi connectivity index (χ4v) is 5.62. The van der Waals surface area contributed by atoms with Crippen LogP contribution in [0.2, 0.25) is 0 Å². The van der Waals surface area contributed by atoms with Crippen molar-refractivity contribution in [3.05, 3.63) is 36.2 Å². The highest BCUT2D eigenvalue weighted by Gasteiger charge is 2.33. The summed E-state index contributed by atoms with van der Waals surface area (Å²) in [6, 6.07) is 8.22. The van der Waals surface area contributed by atoms with Crippen LogP contribution in [0.1, 0.15) is 37.9 Å². The van der Waals surface area contributed by atoms with Gasteiger partial charge in [0.25, 0.3) is 6.43 Å². The van der Waals surface area contributed by atoms with E-state index in [9.17, 15) is 18.4 Å². The average Bonchev–Trinajstić information content (AvgIpc) is 3.61. The summed E-state index contributed by atoms with van der Waals surface area (Å²) >= 11 is 0. The number of benzene rings is 1. The van der Waals surface area contributed by atoms with Crippen LogP contribution in [-0.2, 0) is 14.3 Å². The molecule has 2 N–H and O–H groups in total. The normalized spacial score (nSPS) is 21.7. The van der Waals surface area contributed by atoms with Crippen LogP contribution >= 0.6 is 0 Å². The van der Waals surface area contributed by atoms with E-state index in [-0.39, 0.29) is 23.6 Å². The highest BCUT2D eigenvalue weighted by molar-refractivity contribution is 5.88. The Labute approximate surface area is 229 Å². The second-order valence-corrected chi connectivity index (χ2v) is 10.4. The summed E-state index contributed by atoms with van der Waals surface area (Å²) < 4.78 is 35.1. The van der Waals surface area contributed by atoms with E-state index in [1.807, 2.05) is 9.80 Å². The number of piperidine rings is 1. The third-order valence-corrected chi connectivity index (χ3v) is 7.71. The van der Waals surface area contributed by atoms with Crippen molar-refractivity contribution in [2.24, 2.45) is 5.92 Å². The maximum Gasteiger partial charge on any atom is 0.296 e. The molecule has 11 nitrogen and oxygen atoms in total. The van der Waals surface area contributed by atoms with Crippen LogP contribution in [0.25, 0.3) is 16.9 Å². The predicted molar refractivity (Wildman–Crippen MR) is 144 cm³/mol. The molecule has 2 amide bonds. The Bertz CT molecular complexity index is 1390. The molecule has 40 heavy (non-hydrogen) atoms. The number of hydrogen-bond donors (Lipinski definition) is 2. The Hall–Kier alpha value is -3.87. The second kappa shape index (κ2) is 11.3. The number of alkyl halides is 2. The SMILES string of the molecule is O=C1CCCC(C(=O)N2CC[C@H](CNc3cc(-n4c(C(F)F)nc5ccccc54)nc(N4CCOCC4)n3)C2)N1. The third kappa shape index (κ3) is 5.42. The Morgan fingerprint density at radius 2 is 1.95 bits per heavy atom. The van der Waals surface area contributed by atoms with Gasteiger partial charge >= 0.3 is 0 Å². The fourth-order valence-electron chi connectivity index (χ4n) is 5.62. The number of amides is 2. The Morgan fingerprint density at radius 1 is 1.12 bits per heavy atom. The number of hydrogen-bond acceptors (Lipinski definition) is 8. The number of nitrogens with zero attached hydrogens (tertiary/aromatic N) is 6. The van der Waals surface area contributed by atoms with E-state index in [1.165, 1.54) is 4.57 Å². The number of nitrogens with one attached hydrogen (secondary N) is 2. The first-order valence-corrected chi connectivity index (χ1v) is 13.8. The second-order valence-electron chi connectivity index (χ2n) is 10.4. The zero-order chi connectivity index (χ0) is 27.6. The minimum absolute atomic E-state index is 0.0269. The van der Waals surface area contributed by atoms with Crippen LogP contribution < -0.4 is 15.5 Å². The van der Waals surface area contributed by atoms with Gasteiger partial charge in [-0.05, 0) is 37.3 Å². The van der Waals surface area contributed by atoms with Gasteiger partial charge in [-0.2, -0.15) is 9.97 Å². The first-order valence-electron chi connectivity index (χ1n) is 13.8. The molecule has 0 spiro atoms. The van der Waals surface area contributed by atoms with Crippen molar-refractivity contribution in [1.29, 1.82) is 0 Å². The summed E-state index contributed by atoms with van der Waals surface area (Å²) in [7, 11) is 0. The van der Waals surface area contributed by atoms with E-state index in [0.717, 1.165) is 12.8 Å². The molecule has 3 aliphatic rings. The lowest BCUT2D eigenvalue weighted by atomic mass is 10.0. The number of carbonyl (C=O) groups excluding carboxylic acids is 2. The summed E-state index contributed by atoms with van der Waals surface area (Å²) in [5, 5.41) is 6.18. The third-order valence-electron chi connectivity index (χ3n) is 7.71. The van der Waals surface area contributed by atoms with E-state index in [0.29, 0.717) is 87.4 Å². The molecule has 0 radical (unpaired) electrons. The zero-order valence-electron chi connectivity index (χ0n) is 22.1.